The van der Waals surface area contributed by atoms with Crippen LogP contribution in [-0.4, -0.2) is 18.0 Å². The van der Waals surface area contributed by atoms with Crippen molar-refractivity contribution in [2.45, 2.75) is 0 Å². The summed E-state index contributed by atoms with van der Waals surface area (Å²) >= 11 is 0. The van der Waals surface area contributed by atoms with Crippen LogP contribution in [-0.2, 0) is 0 Å². The molecule has 92 valence electrons. The van der Waals surface area contributed by atoms with Crippen molar-refractivity contribution in [3.8, 4) is 5.75 Å². The van der Waals surface area contributed by atoms with Crippen molar-refractivity contribution >= 4 is 17.3 Å². The van der Waals surface area contributed by atoms with Crippen molar-refractivity contribution in [1.82, 2.24) is 4.98 Å². The smallest absolute Gasteiger partial charge is 0.274 e. The van der Waals surface area contributed by atoms with E-state index >= 15 is 0 Å². The number of hydrogen-bond acceptors (Lipinski definition) is 4. The van der Waals surface area contributed by atoms with Gasteiger partial charge in [0.2, 0.25) is 0 Å². The Hall–Kier alpha value is -2.56. The van der Waals surface area contributed by atoms with Gasteiger partial charge in [0.05, 0.1) is 18.5 Å². The molecule has 2 aromatic rings. The van der Waals surface area contributed by atoms with Gasteiger partial charge < -0.3 is 15.8 Å². The van der Waals surface area contributed by atoms with Gasteiger partial charge in [-0.05, 0) is 24.3 Å². The van der Waals surface area contributed by atoms with Gasteiger partial charge in [-0.3, -0.25) is 9.78 Å². The number of aromatic nitrogens is 1. The number of hydrogen-bond donors (Lipinski definition) is 2. The number of pyridine rings is 1. The maximum atomic E-state index is 11.9. The molecule has 18 heavy (non-hydrogen) atoms. The molecule has 0 bridgehead atoms. The Bertz CT molecular complexity index is 555. The molecule has 0 aliphatic heterocycles. The predicted molar refractivity (Wildman–Crippen MR) is 69.6 cm³/mol. The van der Waals surface area contributed by atoms with Crippen molar-refractivity contribution in [3.63, 3.8) is 0 Å². The molecule has 0 spiro atoms. The van der Waals surface area contributed by atoms with Crippen molar-refractivity contribution in [1.29, 1.82) is 0 Å². The molecule has 0 aliphatic rings. The fraction of sp³-hybridized carbons (Fsp3) is 0.0769. The Morgan fingerprint density at radius 1 is 1.33 bits per heavy atom. The van der Waals surface area contributed by atoms with Crippen LogP contribution in [0, 0.1) is 0 Å². The summed E-state index contributed by atoms with van der Waals surface area (Å²) in [6.07, 6.45) is 1.56. The fourth-order valence-electron chi connectivity index (χ4n) is 1.47. The Labute approximate surface area is 105 Å². The molecule has 1 amide bonds. The van der Waals surface area contributed by atoms with Crippen molar-refractivity contribution in [3.05, 3.63) is 48.3 Å². The highest BCUT2D eigenvalue weighted by molar-refractivity contribution is 6.04. The summed E-state index contributed by atoms with van der Waals surface area (Å²) in [5.41, 5.74) is 7.13. The molecule has 0 unspecified atom stereocenters. The van der Waals surface area contributed by atoms with Gasteiger partial charge in [0.25, 0.3) is 5.91 Å². The minimum absolute atomic E-state index is 0.299. The Morgan fingerprint density at radius 3 is 2.78 bits per heavy atom. The number of nitrogens with zero attached hydrogens (tertiary/aromatic N) is 1. The van der Waals surface area contributed by atoms with Crippen LogP contribution in [0.15, 0.2) is 42.6 Å². The van der Waals surface area contributed by atoms with Crippen LogP contribution < -0.4 is 15.8 Å². The van der Waals surface area contributed by atoms with Gasteiger partial charge in [-0.2, -0.15) is 0 Å². The first-order chi connectivity index (χ1) is 8.70. The van der Waals surface area contributed by atoms with Gasteiger partial charge in [-0.1, -0.05) is 6.07 Å². The molecule has 0 saturated carbocycles. The summed E-state index contributed by atoms with van der Waals surface area (Å²) < 4.78 is 5.03. The van der Waals surface area contributed by atoms with E-state index in [0.717, 1.165) is 0 Å². The average Bonchev–Trinajstić information content (AvgIpc) is 2.42. The number of carbonyl (C=O) groups excluding carboxylic acids is 1. The molecule has 0 fully saturated rings. The molecule has 1 heterocycles. The lowest BCUT2D eigenvalue weighted by Crippen LogP contribution is -2.14. The van der Waals surface area contributed by atoms with Crippen LogP contribution in [0.4, 0.5) is 11.4 Å². The largest absolute Gasteiger partial charge is 0.497 e. The zero-order valence-corrected chi connectivity index (χ0v) is 9.88. The van der Waals surface area contributed by atoms with E-state index in [9.17, 15) is 4.79 Å². The molecule has 1 aromatic heterocycles. The maximum absolute atomic E-state index is 11.9. The van der Waals surface area contributed by atoms with E-state index in [-0.39, 0.29) is 5.91 Å². The van der Waals surface area contributed by atoms with E-state index < -0.39 is 0 Å². The zero-order valence-electron chi connectivity index (χ0n) is 9.88. The third-order valence-electron chi connectivity index (χ3n) is 2.40. The molecule has 0 radical (unpaired) electrons. The lowest BCUT2D eigenvalue weighted by atomic mass is 10.2. The van der Waals surface area contributed by atoms with Gasteiger partial charge in [-0.25, -0.2) is 0 Å². The standard InChI is InChI=1S/C13H13N3O2/c1-18-9-5-6-11(10(14)8-9)16-13(17)12-4-2-3-7-15-12/h2-8H,14H2,1H3,(H,16,17). The molecule has 3 N–H and O–H groups in total. The Morgan fingerprint density at radius 2 is 2.17 bits per heavy atom. The molecule has 5 heteroatoms. The minimum atomic E-state index is -0.299. The number of carbonyl (C=O) groups is 1. The van der Waals surface area contributed by atoms with E-state index in [2.05, 4.69) is 10.3 Å². The maximum Gasteiger partial charge on any atom is 0.274 e. The number of amides is 1. The lowest BCUT2D eigenvalue weighted by Gasteiger charge is -2.09. The van der Waals surface area contributed by atoms with E-state index in [1.807, 2.05) is 0 Å². The van der Waals surface area contributed by atoms with E-state index in [1.165, 1.54) is 0 Å². The van der Waals surface area contributed by atoms with Crippen LogP contribution in [0.25, 0.3) is 0 Å². The second-order valence-corrected chi connectivity index (χ2v) is 3.62. The molecule has 2 rings (SSSR count). The predicted octanol–water partition coefficient (Wildman–Crippen LogP) is 1.92. The van der Waals surface area contributed by atoms with Gasteiger partial charge >= 0.3 is 0 Å². The van der Waals surface area contributed by atoms with Gasteiger partial charge in [0.1, 0.15) is 11.4 Å². The highest BCUT2D eigenvalue weighted by Crippen LogP contribution is 2.24. The second kappa shape index (κ2) is 5.18. The SMILES string of the molecule is COc1ccc(NC(=O)c2ccccn2)c(N)c1. The van der Waals surface area contributed by atoms with Crippen molar-refractivity contribution in [2.24, 2.45) is 0 Å². The molecule has 0 aliphatic carbocycles. The van der Waals surface area contributed by atoms with E-state index in [0.29, 0.717) is 22.8 Å². The number of nitrogen functional groups attached to an aromatic ring is 1. The van der Waals surface area contributed by atoms with Gasteiger partial charge in [0.15, 0.2) is 0 Å². The fourth-order valence-corrected chi connectivity index (χ4v) is 1.47. The summed E-state index contributed by atoms with van der Waals surface area (Å²) in [4.78, 5) is 15.8. The molecular formula is C13H13N3O2. The summed E-state index contributed by atoms with van der Waals surface area (Å²) in [6, 6.07) is 10.2. The Balaban J connectivity index is 2.17. The van der Waals surface area contributed by atoms with Crippen LogP contribution in [0.3, 0.4) is 0 Å². The number of ether oxygens (including phenoxy) is 1. The number of methoxy groups -OCH3 is 1. The third-order valence-corrected chi connectivity index (χ3v) is 2.40. The summed E-state index contributed by atoms with van der Waals surface area (Å²) in [5.74, 6) is 0.343. The topological polar surface area (TPSA) is 77.2 Å². The first-order valence-corrected chi connectivity index (χ1v) is 5.36. The molecule has 5 nitrogen and oxygen atoms in total. The van der Waals surface area contributed by atoms with Crippen LogP contribution in [0.1, 0.15) is 10.5 Å². The first kappa shape index (κ1) is 11.9. The van der Waals surface area contributed by atoms with E-state index in [4.69, 9.17) is 10.5 Å². The summed E-state index contributed by atoms with van der Waals surface area (Å²) in [5, 5.41) is 2.70. The van der Waals surface area contributed by atoms with E-state index in [1.54, 1.807) is 49.7 Å². The molecule has 0 atom stereocenters. The highest BCUT2D eigenvalue weighted by Gasteiger charge is 2.09. The number of nitrogens with two attached hydrogens (primary N) is 1. The average molecular weight is 243 g/mol. The normalized spacial score (nSPS) is 9.83. The van der Waals surface area contributed by atoms with Gasteiger partial charge in [0, 0.05) is 12.3 Å². The zero-order chi connectivity index (χ0) is 13.0. The first-order valence-electron chi connectivity index (χ1n) is 5.36. The quantitative estimate of drug-likeness (QED) is 0.807. The Kier molecular flexibility index (Phi) is 3.43. The highest BCUT2D eigenvalue weighted by atomic mass is 16.5. The minimum Gasteiger partial charge on any atom is -0.497 e. The monoisotopic (exact) mass is 243 g/mol. The molecule has 0 saturated heterocycles. The molecular weight excluding hydrogens is 230 g/mol. The van der Waals surface area contributed by atoms with Crippen LogP contribution in [0.5, 0.6) is 5.75 Å². The van der Waals surface area contributed by atoms with Crippen molar-refractivity contribution in [2.75, 3.05) is 18.2 Å². The van der Waals surface area contributed by atoms with Gasteiger partial charge in [-0.15, -0.1) is 0 Å². The third kappa shape index (κ3) is 2.57. The van der Waals surface area contributed by atoms with Crippen molar-refractivity contribution < 1.29 is 9.53 Å². The second-order valence-electron chi connectivity index (χ2n) is 3.62. The number of anilines is 2. The lowest BCUT2D eigenvalue weighted by molar-refractivity contribution is 0.102. The summed E-state index contributed by atoms with van der Waals surface area (Å²) in [6.45, 7) is 0. The number of nitrogens with one attached hydrogen (secondary N) is 1. The van der Waals surface area contributed by atoms with Crippen LogP contribution in [0.2, 0.25) is 0 Å². The number of rotatable bonds is 3. The molecule has 1 aromatic carbocycles. The number of benzene rings is 1. The van der Waals surface area contributed by atoms with Crippen LogP contribution >= 0.6 is 0 Å². The summed E-state index contributed by atoms with van der Waals surface area (Å²) in [7, 11) is 1.56.